The number of anilines is 2. The van der Waals surface area contributed by atoms with Gasteiger partial charge in [-0.1, -0.05) is 26.7 Å². The molecule has 4 rings (SSSR count). The Morgan fingerprint density at radius 1 is 1.20 bits per heavy atom. The zero-order valence-electron chi connectivity index (χ0n) is 21.2. The Morgan fingerprint density at radius 3 is 2.34 bits per heavy atom. The van der Waals surface area contributed by atoms with E-state index in [9.17, 15) is 17.3 Å². The lowest BCUT2D eigenvalue weighted by Crippen LogP contribution is -2.50. The summed E-state index contributed by atoms with van der Waals surface area (Å²) in [5.74, 6) is -0.0328. The number of pyridine rings is 1. The van der Waals surface area contributed by atoms with Gasteiger partial charge in [-0.15, -0.1) is 3.89 Å². The summed E-state index contributed by atoms with van der Waals surface area (Å²) >= 11 is 0. The second-order valence-electron chi connectivity index (χ2n) is 8.93. The zero-order chi connectivity index (χ0) is 26.4. The van der Waals surface area contributed by atoms with Gasteiger partial charge in [-0.05, 0) is 87.6 Å². The number of halogens is 2. The maximum Gasteiger partial charge on any atom is 0.249 e. The van der Waals surface area contributed by atoms with Crippen molar-refractivity contribution in [2.24, 2.45) is 0 Å². The number of nitrogens with one attached hydrogen (secondary N) is 1. The van der Waals surface area contributed by atoms with Gasteiger partial charge < -0.3 is 11.1 Å². The first-order chi connectivity index (χ1) is 16.4. The molecule has 1 saturated heterocycles. The molecule has 2 unspecified atom stereocenters. The minimum Gasteiger partial charge on any atom is -0.384 e. The Hall–Kier alpha value is -2.74. The van der Waals surface area contributed by atoms with Crippen LogP contribution in [-0.2, 0) is 20.2 Å². The molecule has 2 aromatic rings. The van der Waals surface area contributed by atoms with Crippen molar-refractivity contribution in [3.63, 3.8) is 0 Å². The van der Waals surface area contributed by atoms with E-state index in [0.717, 1.165) is 48.9 Å². The number of aromatic nitrogens is 1. The Bertz CT molecular complexity index is 1210. The fourth-order valence-electron chi connectivity index (χ4n) is 4.22. The molecule has 9 heteroatoms. The lowest BCUT2D eigenvalue weighted by molar-refractivity contribution is -0.127. The Labute approximate surface area is 207 Å². The summed E-state index contributed by atoms with van der Waals surface area (Å²) < 4.78 is 38.1. The third-order valence-corrected chi connectivity index (χ3v) is 7.41. The number of hydrogen-bond donors (Lipinski definition) is 2. The summed E-state index contributed by atoms with van der Waals surface area (Å²) in [6, 6.07) is 4.43. The summed E-state index contributed by atoms with van der Waals surface area (Å²) in [4.78, 5) is 18.3. The first-order valence-corrected chi connectivity index (χ1v) is 13.2. The molecule has 192 valence electrons. The molecule has 1 aromatic carbocycles. The van der Waals surface area contributed by atoms with E-state index in [1.54, 1.807) is 6.92 Å². The fraction of sp³-hybridized carbons (Fsp3) is 0.462. The quantitative estimate of drug-likeness (QED) is 0.427. The largest absolute Gasteiger partial charge is 0.384 e. The van der Waals surface area contributed by atoms with E-state index >= 15 is 0 Å². The first kappa shape index (κ1) is 28.5. The molecule has 3 N–H and O–H groups in total. The van der Waals surface area contributed by atoms with E-state index in [1.807, 2.05) is 18.9 Å². The highest BCUT2D eigenvalue weighted by atomic mass is 32.2. The standard InChI is InChI=1S/C15H19FN2O.C8H9FN2OS.C3H8/c1-10-8-11(16)9-12-13(10)17-14(19)15(12,2)18-6-4-3-5-7-18;1-3-13(9,12)7-5-11-8(10)4-6(7)2;1-3-2/h8-9H,3-7H2,1-2H3,(H,17,19);4-5H,1H2,2H3,(H2,10,11);3H2,1-2H3. The summed E-state index contributed by atoms with van der Waals surface area (Å²) in [6.07, 6.45) is 5.81. The average molecular weight is 507 g/mol. The Kier molecular flexibility index (Phi) is 9.60. The number of hydrogen-bond acceptors (Lipinski definition) is 5. The molecule has 0 saturated carbocycles. The SMILES string of the molecule is C=C=S(=O)(F)c1cnc(N)cc1C.CCC.Cc1cc(F)cc2c1NC(=O)C2(C)N1CCCCC1. The molecule has 0 aliphatic carbocycles. The predicted molar refractivity (Wildman–Crippen MR) is 140 cm³/mol. The number of likely N-dealkylation sites (tertiary alicyclic amines) is 1. The number of benzene rings is 1. The third kappa shape index (κ3) is 6.28. The van der Waals surface area contributed by atoms with Gasteiger partial charge in [0.05, 0.1) is 4.90 Å². The Morgan fingerprint density at radius 2 is 1.80 bits per heavy atom. The highest BCUT2D eigenvalue weighted by Gasteiger charge is 2.48. The van der Waals surface area contributed by atoms with Gasteiger partial charge >= 0.3 is 0 Å². The van der Waals surface area contributed by atoms with Gasteiger partial charge in [0.15, 0.2) is 9.91 Å². The van der Waals surface area contributed by atoms with Gasteiger partial charge in [0.2, 0.25) is 5.91 Å². The molecule has 1 fully saturated rings. The van der Waals surface area contributed by atoms with Crippen molar-refractivity contribution in [3.05, 3.63) is 53.5 Å². The number of nitrogen functional groups attached to an aromatic ring is 1. The van der Waals surface area contributed by atoms with E-state index in [4.69, 9.17) is 5.73 Å². The van der Waals surface area contributed by atoms with Gasteiger partial charge in [0, 0.05) is 17.4 Å². The number of carbonyl (C=O) groups is 1. The molecule has 3 heterocycles. The summed E-state index contributed by atoms with van der Waals surface area (Å²) in [6.45, 7) is 14.4. The number of amides is 1. The average Bonchev–Trinajstić information content (AvgIpc) is 3.07. The summed E-state index contributed by atoms with van der Waals surface area (Å²) in [5, 5.41) is 4.78. The van der Waals surface area contributed by atoms with Crippen molar-refractivity contribution < 1.29 is 17.3 Å². The van der Waals surface area contributed by atoms with Crippen LogP contribution >= 0.6 is 0 Å². The highest BCUT2D eigenvalue weighted by Crippen LogP contribution is 2.43. The molecule has 0 bridgehead atoms. The van der Waals surface area contributed by atoms with Crippen molar-refractivity contribution in [2.45, 2.75) is 70.7 Å². The first-order valence-electron chi connectivity index (χ1n) is 11.8. The predicted octanol–water partition coefficient (Wildman–Crippen LogP) is 5.29. The van der Waals surface area contributed by atoms with Crippen LogP contribution in [0.25, 0.3) is 0 Å². The molecular weight excluding hydrogens is 470 g/mol. The molecule has 0 radical (unpaired) electrons. The van der Waals surface area contributed by atoms with Crippen LogP contribution < -0.4 is 11.1 Å². The monoisotopic (exact) mass is 506 g/mol. The van der Waals surface area contributed by atoms with Crippen molar-refractivity contribution in [2.75, 3.05) is 24.1 Å². The number of piperidine rings is 1. The number of nitrogens with two attached hydrogens (primary N) is 1. The van der Waals surface area contributed by atoms with Crippen molar-refractivity contribution >= 4 is 32.3 Å². The molecule has 2 atom stereocenters. The van der Waals surface area contributed by atoms with Crippen LogP contribution in [0.15, 0.2) is 35.9 Å². The lowest BCUT2D eigenvalue weighted by Gasteiger charge is -2.39. The number of rotatable bonds is 2. The van der Waals surface area contributed by atoms with Gasteiger partial charge in [-0.3, -0.25) is 9.69 Å². The van der Waals surface area contributed by atoms with Crippen LogP contribution in [0.5, 0.6) is 0 Å². The van der Waals surface area contributed by atoms with Crippen molar-refractivity contribution in [3.8, 4) is 0 Å². The third-order valence-electron chi connectivity index (χ3n) is 6.05. The molecular formula is C26H36F2N4O2S. The van der Waals surface area contributed by atoms with E-state index in [1.165, 1.54) is 31.0 Å². The summed E-state index contributed by atoms with van der Waals surface area (Å²) in [7, 11) is -3.77. The van der Waals surface area contributed by atoms with Crippen molar-refractivity contribution in [1.29, 1.82) is 0 Å². The minimum absolute atomic E-state index is 0.0169. The van der Waals surface area contributed by atoms with Crippen LogP contribution in [-0.4, -0.2) is 38.1 Å². The smallest absolute Gasteiger partial charge is 0.249 e. The fourth-order valence-corrected chi connectivity index (χ4v) is 5.04. The summed E-state index contributed by atoms with van der Waals surface area (Å²) in [5.41, 5.74) is 7.49. The van der Waals surface area contributed by atoms with E-state index < -0.39 is 15.4 Å². The maximum atomic E-state index is 13.7. The van der Waals surface area contributed by atoms with Crippen LogP contribution in [0, 0.1) is 19.7 Å². The molecule has 1 aromatic heterocycles. The van der Waals surface area contributed by atoms with Crippen molar-refractivity contribution in [1.82, 2.24) is 9.88 Å². The molecule has 2 aliphatic heterocycles. The minimum atomic E-state index is -3.77. The number of fused-ring (bicyclic) bond motifs is 1. The van der Waals surface area contributed by atoms with Gasteiger partial charge in [-0.25, -0.2) is 13.6 Å². The van der Waals surface area contributed by atoms with E-state index in [2.05, 4.69) is 35.6 Å². The molecule has 35 heavy (non-hydrogen) atoms. The Balaban J connectivity index is 0.000000236. The molecule has 1 amide bonds. The van der Waals surface area contributed by atoms with E-state index in [0.29, 0.717) is 5.56 Å². The second kappa shape index (κ2) is 11.8. The maximum absolute atomic E-state index is 13.7. The number of nitrogens with zero attached hydrogens (tertiary/aromatic N) is 2. The van der Waals surface area contributed by atoms with Crippen LogP contribution in [0.1, 0.15) is 63.1 Å². The topological polar surface area (TPSA) is 88.3 Å². The normalized spacial score (nSPS) is 20.7. The number of carbonyl (C=O) groups excluding carboxylic acids is 1. The number of aryl methyl sites for hydroxylation is 2. The molecule has 2 aliphatic rings. The molecule has 0 spiro atoms. The van der Waals surface area contributed by atoms with Crippen LogP contribution in [0.3, 0.4) is 0 Å². The second-order valence-corrected chi connectivity index (χ2v) is 10.6. The highest BCUT2D eigenvalue weighted by molar-refractivity contribution is 7.96. The van der Waals surface area contributed by atoms with Crippen LogP contribution in [0.2, 0.25) is 0 Å². The molecule has 6 nitrogen and oxygen atoms in total. The van der Waals surface area contributed by atoms with Gasteiger partial charge in [0.1, 0.15) is 17.2 Å². The van der Waals surface area contributed by atoms with E-state index in [-0.39, 0.29) is 22.4 Å². The lowest BCUT2D eigenvalue weighted by atomic mass is 9.88. The van der Waals surface area contributed by atoms with Gasteiger partial charge in [-0.2, -0.15) is 0 Å². The van der Waals surface area contributed by atoms with Crippen LogP contribution in [0.4, 0.5) is 19.8 Å². The van der Waals surface area contributed by atoms with Gasteiger partial charge in [0.25, 0.3) is 0 Å². The zero-order valence-corrected chi connectivity index (χ0v) is 22.0.